The fourth-order valence-corrected chi connectivity index (χ4v) is 4.26. The SMILES string of the molecule is Cc1cccc(NC(=O)CN2C(=O)S/C(=C\c3ccc(-c4ccc(Cl)cc4[N+](=O)[O-])o3)C2=O)c1. The number of nitrogens with one attached hydrogen (secondary N) is 1. The number of imide groups is 1. The molecular weight excluding hydrogens is 482 g/mol. The zero-order valence-corrected chi connectivity index (χ0v) is 19.2. The first-order valence-electron chi connectivity index (χ1n) is 9.87. The Kier molecular flexibility index (Phi) is 6.53. The predicted molar refractivity (Wildman–Crippen MR) is 128 cm³/mol. The molecule has 0 unspecified atom stereocenters. The summed E-state index contributed by atoms with van der Waals surface area (Å²) in [5, 5.41) is 13.6. The number of nitro groups is 1. The van der Waals surface area contributed by atoms with Crippen LogP contribution in [0.2, 0.25) is 5.02 Å². The van der Waals surface area contributed by atoms with Crippen LogP contribution in [0.25, 0.3) is 17.4 Å². The number of furan rings is 1. The third-order valence-electron chi connectivity index (χ3n) is 4.80. The number of carbonyl (C=O) groups excluding carboxylic acids is 3. The maximum Gasteiger partial charge on any atom is 0.294 e. The number of halogens is 1. The molecule has 11 heteroatoms. The molecule has 2 aromatic carbocycles. The van der Waals surface area contributed by atoms with Crippen LogP contribution in [0.15, 0.2) is 63.9 Å². The molecule has 9 nitrogen and oxygen atoms in total. The molecule has 1 saturated heterocycles. The van der Waals surface area contributed by atoms with Gasteiger partial charge >= 0.3 is 0 Å². The van der Waals surface area contributed by atoms with E-state index in [2.05, 4.69) is 5.32 Å². The maximum absolute atomic E-state index is 12.7. The number of nitrogens with zero attached hydrogens (tertiary/aromatic N) is 2. The van der Waals surface area contributed by atoms with Gasteiger partial charge in [-0.05, 0) is 60.6 Å². The van der Waals surface area contributed by atoms with Crippen molar-refractivity contribution in [1.29, 1.82) is 0 Å². The van der Waals surface area contributed by atoms with Crippen LogP contribution < -0.4 is 5.32 Å². The Balaban J connectivity index is 1.49. The number of hydrogen-bond donors (Lipinski definition) is 1. The Morgan fingerprint density at radius 2 is 2.00 bits per heavy atom. The van der Waals surface area contributed by atoms with Crippen LogP contribution in [0, 0.1) is 17.0 Å². The summed E-state index contributed by atoms with van der Waals surface area (Å²) in [5.41, 5.74) is 1.50. The molecular formula is C23H16ClN3O6S. The quantitative estimate of drug-likeness (QED) is 0.271. The molecule has 0 radical (unpaired) electrons. The number of aryl methyl sites for hydroxylation is 1. The largest absolute Gasteiger partial charge is 0.456 e. The molecule has 3 amide bonds. The highest BCUT2D eigenvalue weighted by atomic mass is 35.5. The van der Waals surface area contributed by atoms with Crippen molar-refractivity contribution in [2.75, 3.05) is 11.9 Å². The number of rotatable bonds is 6. The second-order valence-corrected chi connectivity index (χ2v) is 8.74. The highest BCUT2D eigenvalue weighted by Gasteiger charge is 2.36. The van der Waals surface area contributed by atoms with Gasteiger partial charge in [-0.25, -0.2) is 0 Å². The molecule has 34 heavy (non-hydrogen) atoms. The molecule has 1 N–H and O–H groups in total. The second kappa shape index (κ2) is 9.54. The Bertz CT molecular complexity index is 1370. The number of amides is 3. The first-order chi connectivity index (χ1) is 16.2. The van der Waals surface area contributed by atoms with Gasteiger partial charge in [0.1, 0.15) is 18.1 Å². The van der Waals surface area contributed by atoms with Gasteiger partial charge in [0.25, 0.3) is 16.8 Å². The van der Waals surface area contributed by atoms with E-state index >= 15 is 0 Å². The summed E-state index contributed by atoms with van der Waals surface area (Å²) in [4.78, 5) is 49.1. The molecule has 3 aromatic rings. The molecule has 1 aliphatic heterocycles. The molecule has 1 aromatic heterocycles. The lowest BCUT2D eigenvalue weighted by molar-refractivity contribution is -0.384. The van der Waals surface area contributed by atoms with Crippen molar-refractivity contribution in [3.8, 4) is 11.3 Å². The van der Waals surface area contributed by atoms with Gasteiger partial charge in [0.15, 0.2) is 0 Å². The lowest BCUT2D eigenvalue weighted by atomic mass is 10.1. The van der Waals surface area contributed by atoms with Gasteiger partial charge in [0.2, 0.25) is 5.91 Å². The number of benzene rings is 2. The van der Waals surface area contributed by atoms with Crippen LogP contribution in [-0.4, -0.2) is 33.4 Å². The Hall–Kier alpha value is -3.89. The van der Waals surface area contributed by atoms with E-state index < -0.39 is 28.5 Å². The van der Waals surface area contributed by atoms with Crippen LogP contribution in [0.5, 0.6) is 0 Å². The van der Waals surface area contributed by atoms with E-state index in [0.717, 1.165) is 10.5 Å². The average molecular weight is 498 g/mol. The average Bonchev–Trinajstić information content (AvgIpc) is 3.34. The van der Waals surface area contributed by atoms with Crippen LogP contribution in [0.4, 0.5) is 16.2 Å². The lowest BCUT2D eigenvalue weighted by Gasteiger charge is -2.12. The topological polar surface area (TPSA) is 123 Å². The van der Waals surface area contributed by atoms with Crippen LogP contribution in [-0.2, 0) is 9.59 Å². The Morgan fingerprint density at radius 3 is 2.74 bits per heavy atom. The van der Waals surface area contributed by atoms with Gasteiger partial charge in [-0.15, -0.1) is 0 Å². The number of anilines is 1. The van der Waals surface area contributed by atoms with Gasteiger partial charge in [-0.1, -0.05) is 23.7 Å². The van der Waals surface area contributed by atoms with Crippen molar-refractivity contribution in [1.82, 2.24) is 4.90 Å². The standard InChI is InChI=1S/C23H16ClN3O6S/c1-13-3-2-4-15(9-13)25-21(28)12-26-22(29)20(34-23(26)30)11-16-6-8-19(33-16)17-7-5-14(24)10-18(17)27(31)32/h2-11H,12H2,1H3,(H,25,28)/b20-11-. The molecule has 0 saturated carbocycles. The smallest absolute Gasteiger partial charge is 0.294 e. The summed E-state index contributed by atoms with van der Waals surface area (Å²) in [6, 6.07) is 14.3. The van der Waals surface area contributed by atoms with Crippen LogP contribution >= 0.6 is 23.4 Å². The molecule has 2 heterocycles. The van der Waals surface area contributed by atoms with Gasteiger partial charge in [-0.3, -0.25) is 29.4 Å². The van der Waals surface area contributed by atoms with Crippen molar-refractivity contribution < 1.29 is 23.7 Å². The van der Waals surface area contributed by atoms with Gasteiger partial charge in [-0.2, -0.15) is 0 Å². The zero-order valence-electron chi connectivity index (χ0n) is 17.6. The summed E-state index contributed by atoms with van der Waals surface area (Å²) in [6.07, 6.45) is 1.36. The van der Waals surface area contributed by atoms with E-state index in [1.54, 1.807) is 18.2 Å². The molecule has 0 atom stereocenters. The minimum Gasteiger partial charge on any atom is -0.456 e. The van der Waals surface area contributed by atoms with Crippen molar-refractivity contribution in [2.24, 2.45) is 0 Å². The van der Waals surface area contributed by atoms with E-state index in [1.165, 1.54) is 36.4 Å². The number of hydrogen-bond acceptors (Lipinski definition) is 7. The van der Waals surface area contributed by atoms with E-state index in [9.17, 15) is 24.5 Å². The summed E-state index contributed by atoms with van der Waals surface area (Å²) in [6.45, 7) is 1.44. The fraction of sp³-hybridized carbons (Fsp3) is 0.0870. The van der Waals surface area contributed by atoms with Crippen LogP contribution in [0.1, 0.15) is 11.3 Å². The minimum atomic E-state index is -0.634. The van der Waals surface area contributed by atoms with Crippen molar-refractivity contribution in [2.45, 2.75) is 6.92 Å². The van der Waals surface area contributed by atoms with Crippen molar-refractivity contribution >= 4 is 57.9 Å². The van der Waals surface area contributed by atoms with Gasteiger partial charge in [0, 0.05) is 22.9 Å². The number of carbonyl (C=O) groups is 3. The van der Waals surface area contributed by atoms with E-state index in [4.69, 9.17) is 16.0 Å². The Labute approximate surface area is 202 Å². The number of thioether (sulfide) groups is 1. The lowest BCUT2D eigenvalue weighted by Crippen LogP contribution is -2.36. The molecule has 0 bridgehead atoms. The van der Waals surface area contributed by atoms with Gasteiger partial charge < -0.3 is 9.73 Å². The fourth-order valence-electron chi connectivity index (χ4n) is 3.27. The molecule has 0 aliphatic carbocycles. The zero-order chi connectivity index (χ0) is 24.4. The predicted octanol–water partition coefficient (Wildman–Crippen LogP) is 5.49. The molecule has 1 fully saturated rings. The van der Waals surface area contributed by atoms with Crippen molar-refractivity contribution in [3.63, 3.8) is 0 Å². The third-order valence-corrected chi connectivity index (χ3v) is 5.94. The highest BCUT2D eigenvalue weighted by Crippen LogP contribution is 2.36. The van der Waals surface area contributed by atoms with Crippen molar-refractivity contribution in [3.05, 3.63) is 86.0 Å². The highest BCUT2D eigenvalue weighted by molar-refractivity contribution is 8.18. The number of nitro benzene ring substituents is 1. The summed E-state index contributed by atoms with van der Waals surface area (Å²) in [7, 11) is 0. The summed E-state index contributed by atoms with van der Waals surface area (Å²) in [5.74, 6) is -0.727. The second-order valence-electron chi connectivity index (χ2n) is 7.31. The first-order valence-corrected chi connectivity index (χ1v) is 11.1. The molecule has 1 aliphatic rings. The first kappa shape index (κ1) is 23.3. The van der Waals surface area contributed by atoms with E-state index in [-0.39, 0.29) is 32.7 Å². The molecule has 0 spiro atoms. The van der Waals surface area contributed by atoms with Gasteiger partial charge in [0.05, 0.1) is 15.4 Å². The monoisotopic (exact) mass is 497 g/mol. The minimum absolute atomic E-state index is 0.0693. The molecule has 172 valence electrons. The van der Waals surface area contributed by atoms with E-state index in [1.807, 2.05) is 13.0 Å². The van der Waals surface area contributed by atoms with Crippen LogP contribution in [0.3, 0.4) is 0 Å². The summed E-state index contributed by atoms with van der Waals surface area (Å²) >= 11 is 6.52. The normalized spacial score (nSPS) is 14.6. The third kappa shape index (κ3) is 5.03. The van der Waals surface area contributed by atoms with E-state index in [0.29, 0.717) is 17.4 Å². The maximum atomic E-state index is 12.7. The summed E-state index contributed by atoms with van der Waals surface area (Å²) < 4.78 is 5.65. The Morgan fingerprint density at radius 1 is 1.21 bits per heavy atom. The molecule has 4 rings (SSSR count).